The van der Waals surface area contributed by atoms with Gasteiger partial charge in [0.15, 0.2) is 0 Å². The van der Waals surface area contributed by atoms with E-state index in [2.05, 4.69) is 5.32 Å². The Morgan fingerprint density at radius 1 is 0.885 bits per heavy atom. The second-order valence-corrected chi connectivity index (χ2v) is 5.83. The molecule has 130 valence electrons. The third-order valence-electron chi connectivity index (χ3n) is 4.29. The number of furan rings is 1. The molecular formula is C21H17NO4. The van der Waals surface area contributed by atoms with Gasteiger partial charge in [-0.3, -0.25) is 4.79 Å². The van der Waals surface area contributed by atoms with Gasteiger partial charge in [0.05, 0.1) is 19.8 Å². The molecule has 3 aromatic carbocycles. The smallest absolute Gasteiger partial charge is 0.259 e. The fourth-order valence-corrected chi connectivity index (χ4v) is 2.99. The van der Waals surface area contributed by atoms with E-state index in [-0.39, 0.29) is 5.91 Å². The first-order valence-electron chi connectivity index (χ1n) is 8.14. The number of fused-ring (bicyclic) bond motifs is 3. The van der Waals surface area contributed by atoms with Crippen LogP contribution in [0.4, 0.5) is 5.69 Å². The van der Waals surface area contributed by atoms with Gasteiger partial charge < -0.3 is 19.2 Å². The van der Waals surface area contributed by atoms with Crippen molar-refractivity contribution in [3.63, 3.8) is 0 Å². The zero-order valence-corrected chi connectivity index (χ0v) is 14.4. The monoisotopic (exact) mass is 347 g/mol. The van der Waals surface area contributed by atoms with Gasteiger partial charge in [-0.15, -0.1) is 0 Å². The molecule has 1 N–H and O–H groups in total. The number of nitrogens with one attached hydrogen (secondary N) is 1. The summed E-state index contributed by atoms with van der Waals surface area (Å²) in [6.07, 6.45) is 0. The molecule has 0 atom stereocenters. The lowest BCUT2D eigenvalue weighted by Crippen LogP contribution is -2.13. The van der Waals surface area contributed by atoms with E-state index < -0.39 is 0 Å². The number of carbonyl (C=O) groups excluding carboxylic acids is 1. The first kappa shape index (κ1) is 16.0. The number of methoxy groups -OCH3 is 2. The van der Waals surface area contributed by atoms with Crippen LogP contribution in [0, 0.1) is 0 Å². The Morgan fingerprint density at radius 3 is 2.50 bits per heavy atom. The van der Waals surface area contributed by atoms with Crippen LogP contribution < -0.4 is 14.8 Å². The Kier molecular flexibility index (Phi) is 3.97. The molecule has 1 amide bonds. The van der Waals surface area contributed by atoms with Crippen molar-refractivity contribution in [2.24, 2.45) is 0 Å². The zero-order valence-electron chi connectivity index (χ0n) is 14.4. The van der Waals surface area contributed by atoms with E-state index in [1.807, 2.05) is 42.5 Å². The summed E-state index contributed by atoms with van der Waals surface area (Å²) < 4.78 is 16.3. The van der Waals surface area contributed by atoms with E-state index in [1.165, 1.54) is 7.11 Å². The minimum Gasteiger partial charge on any atom is -0.497 e. The summed E-state index contributed by atoms with van der Waals surface area (Å²) in [6.45, 7) is 0. The number of benzene rings is 3. The van der Waals surface area contributed by atoms with Gasteiger partial charge in [-0.25, -0.2) is 0 Å². The first-order chi connectivity index (χ1) is 12.7. The largest absolute Gasteiger partial charge is 0.497 e. The highest BCUT2D eigenvalue weighted by atomic mass is 16.5. The van der Waals surface area contributed by atoms with Gasteiger partial charge in [0, 0.05) is 28.6 Å². The van der Waals surface area contributed by atoms with E-state index in [1.54, 1.807) is 25.3 Å². The SMILES string of the molecule is COc1ccc(C(=O)Nc2ccc3c(c2)oc2ccccc23)c(OC)c1. The van der Waals surface area contributed by atoms with Crippen molar-refractivity contribution in [3.05, 3.63) is 66.2 Å². The van der Waals surface area contributed by atoms with Crippen LogP contribution in [0.15, 0.2) is 65.1 Å². The number of amides is 1. The lowest BCUT2D eigenvalue weighted by Gasteiger charge is -2.11. The highest BCUT2D eigenvalue weighted by molar-refractivity contribution is 6.09. The molecule has 26 heavy (non-hydrogen) atoms. The van der Waals surface area contributed by atoms with E-state index in [9.17, 15) is 4.79 Å². The first-order valence-corrected chi connectivity index (χ1v) is 8.14. The summed E-state index contributed by atoms with van der Waals surface area (Å²) in [6, 6.07) is 18.6. The predicted octanol–water partition coefficient (Wildman–Crippen LogP) is 4.86. The highest BCUT2D eigenvalue weighted by Gasteiger charge is 2.14. The van der Waals surface area contributed by atoms with Crippen LogP contribution in [-0.2, 0) is 0 Å². The molecule has 0 fully saturated rings. The lowest BCUT2D eigenvalue weighted by atomic mass is 10.1. The van der Waals surface area contributed by atoms with Crippen molar-refractivity contribution >= 4 is 33.5 Å². The standard InChI is InChI=1S/C21H17NO4/c1-24-14-8-10-17(19(12-14)25-2)21(23)22-13-7-9-16-15-5-3-4-6-18(15)26-20(16)11-13/h3-12H,1-2H3,(H,22,23). The molecule has 5 heteroatoms. The second kappa shape index (κ2) is 6.44. The summed E-state index contributed by atoms with van der Waals surface area (Å²) >= 11 is 0. The summed E-state index contributed by atoms with van der Waals surface area (Å²) in [7, 11) is 3.09. The average Bonchev–Trinajstić information content (AvgIpc) is 3.05. The molecule has 0 unspecified atom stereocenters. The summed E-state index contributed by atoms with van der Waals surface area (Å²) in [5.41, 5.74) is 2.63. The quantitative estimate of drug-likeness (QED) is 0.573. The predicted molar refractivity (Wildman–Crippen MR) is 101 cm³/mol. The molecule has 0 spiro atoms. The van der Waals surface area contributed by atoms with Crippen molar-refractivity contribution in [2.75, 3.05) is 19.5 Å². The van der Waals surface area contributed by atoms with Crippen LogP contribution in [0.2, 0.25) is 0 Å². The number of rotatable bonds is 4. The maximum absolute atomic E-state index is 12.6. The van der Waals surface area contributed by atoms with Gasteiger partial charge in [0.25, 0.3) is 5.91 Å². The van der Waals surface area contributed by atoms with E-state index in [0.29, 0.717) is 22.7 Å². The van der Waals surface area contributed by atoms with Crippen LogP contribution >= 0.6 is 0 Å². The molecule has 4 aromatic rings. The third-order valence-corrected chi connectivity index (χ3v) is 4.29. The third kappa shape index (κ3) is 2.73. The van der Waals surface area contributed by atoms with Crippen molar-refractivity contribution in [3.8, 4) is 11.5 Å². The molecule has 1 aromatic heterocycles. The molecular weight excluding hydrogens is 330 g/mol. The van der Waals surface area contributed by atoms with Crippen LogP contribution in [0.3, 0.4) is 0 Å². The Bertz CT molecular complexity index is 1110. The molecule has 0 saturated carbocycles. The molecule has 0 aliphatic carbocycles. The molecule has 0 saturated heterocycles. The van der Waals surface area contributed by atoms with Gasteiger partial charge >= 0.3 is 0 Å². The molecule has 4 rings (SSSR count). The maximum atomic E-state index is 12.6. The fraction of sp³-hybridized carbons (Fsp3) is 0.0952. The van der Waals surface area contributed by atoms with Crippen LogP contribution in [0.25, 0.3) is 21.9 Å². The van der Waals surface area contributed by atoms with Crippen LogP contribution in [-0.4, -0.2) is 20.1 Å². The van der Waals surface area contributed by atoms with E-state index in [0.717, 1.165) is 21.9 Å². The maximum Gasteiger partial charge on any atom is 0.259 e. The topological polar surface area (TPSA) is 60.7 Å². The van der Waals surface area contributed by atoms with Gasteiger partial charge in [-0.05, 0) is 30.3 Å². The minimum absolute atomic E-state index is 0.264. The molecule has 5 nitrogen and oxygen atoms in total. The van der Waals surface area contributed by atoms with Gasteiger partial charge in [-0.1, -0.05) is 18.2 Å². The Balaban J connectivity index is 1.66. The molecule has 0 aliphatic heterocycles. The number of carbonyl (C=O) groups is 1. The van der Waals surface area contributed by atoms with Gasteiger partial charge in [0.2, 0.25) is 0 Å². The second-order valence-electron chi connectivity index (χ2n) is 5.83. The molecule has 0 radical (unpaired) electrons. The van der Waals surface area contributed by atoms with Gasteiger partial charge in [-0.2, -0.15) is 0 Å². The Hall–Kier alpha value is -3.47. The minimum atomic E-state index is -0.264. The van der Waals surface area contributed by atoms with Crippen molar-refractivity contribution in [1.29, 1.82) is 0 Å². The van der Waals surface area contributed by atoms with Crippen molar-refractivity contribution in [2.45, 2.75) is 0 Å². The average molecular weight is 347 g/mol. The zero-order chi connectivity index (χ0) is 18.1. The van der Waals surface area contributed by atoms with Gasteiger partial charge in [0.1, 0.15) is 22.7 Å². The van der Waals surface area contributed by atoms with Crippen molar-refractivity contribution < 1.29 is 18.7 Å². The summed E-state index contributed by atoms with van der Waals surface area (Å²) in [4.78, 5) is 12.6. The number of hydrogen-bond donors (Lipinski definition) is 1. The molecule has 1 heterocycles. The van der Waals surface area contributed by atoms with E-state index in [4.69, 9.17) is 13.9 Å². The number of hydrogen-bond acceptors (Lipinski definition) is 4. The van der Waals surface area contributed by atoms with Crippen LogP contribution in [0.1, 0.15) is 10.4 Å². The highest BCUT2D eigenvalue weighted by Crippen LogP contribution is 2.31. The molecule has 0 bridgehead atoms. The number of anilines is 1. The van der Waals surface area contributed by atoms with Crippen LogP contribution in [0.5, 0.6) is 11.5 Å². The number of ether oxygens (including phenoxy) is 2. The fourth-order valence-electron chi connectivity index (χ4n) is 2.99. The Morgan fingerprint density at radius 2 is 1.69 bits per heavy atom. The van der Waals surface area contributed by atoms with E-state index >= 15 is 0 Å². The molecule has 0 aliphatic rings. The lowest BCUT2D eigenvalue weighted by molar-refractivity contribution is 0.102. The summed E-state index contributed by atoms with van der Waals surface area (Å²) in [5.74, 6) is 0.814. The number of para-hydroxylation sites is 1. The normalized spacial score (nSPS) is 10.8. The van der Waals surface area contributed by atoms with Crippen molar-refractivity contribution in [1.82, 2.24) is 0 Å². The Labute approximate surface area is 150 Å². The summed E-state index contributed by atoms with van der Waals surface area (Å²) in [5, 5.41) is 4.95.